The first-order chi connectivity index (χ1) is 13.4. The number of esters is 1. The summed E-state index contributed by atoms with van der Waals surface area (Å²) >= 11 is -5.07. The molecular weight excluding hydrogens is 405 g/mol. The van der Waals surface area contributed by atoms with E-state index in [1.54, 1.807) is 32.9 Å². The lowest BCUT2D eigenvalue weighted by Crippen LogP contribution is -2.25. The van der Waals surface area contributed by atoms with Crippen LogP contribution in [0.15, 0.2) is 40.9 Å². The number of nitrogens with zero attached hydrogens (tertiary/aromatic N) is 2. The molecule has 1 saturated carbocycles. The number of hydrogen-bond acceptors (Lipinski definition) is 5. The Morgan fingerprint density at radius 1 is 1.24 bits per heavy atom. The smallest absolute Gasteiger partial charge is 0.334 e. The Balaban J connectivity index is 1.70. The van der Waals surface area contributed by atoms with Crippen LogP contribution in [-0.4, -0.2) is 21.7 Å². The predicted octanol–water partition coefficient (Wildman–Crippen LogP) is 5.55. The van der Waals surface area contributed by atoms with E-state index in [4.69, 9.17) is 9.26 Å². The van der Waals surface area contributed by atoms with Gasteiger partial charge in [-0.25, -0.2) is 4.79 Å². The minimum Gasteiger partial charge on any atom is -0.457 e. The van der Waals surface area contributed by atoms with Gasteiger partial charge in [0.2, 0.25) is 17.1 Å². The molecule has 1 aromatic heterocycles. The van der Waals surface area contributed by atoms with E-state index in [2.05, 4.69) is 16.7 Å². The molecule has 0 spiro atoms. The molecular formula is C20H23F3N2O3S. The first-order valence-electron chi connectivity index (χ1n) is 9.11. The van der Waals surface area contributed by atoms with Crippen LogP contribution in [0, 0.1) is 0 Å². The molecule has 0 aliphatic heterocycles. The van der Waals surface area contributed by atoms with E-state index < -0.39 is 33.9 Å². The third-order valence-electron chi connectivity index (χ3n) is 4.54. The summed E-state index contributed by atoms with van der Waals surface area (Å²) in [4.78, 5) is 16.4. The lowest BCUT2D eigenvalue weighted by molar-refractivity contribution is -0.150. The Labute approximate surface area is 169 Å². The summed E-state index contributed by atoms with van der Waals surface area (Å²) in [5.41, 5.74) is 0.237. The lowest BCUT2D eigenvalue weighted by atomic mass is 9.94. The predicted molar refractivity (Wildman–Crippen MR) is 104 cm³/mol. The zero-order chi connectivity index (χ0) is 21.4. The van der Waals surface area contributed by atoms with Crippen LogP contribution in [0.25, 0.3) is 0 Å². The molecule has 0 saturated heterocycles. The van der Waals surface area contributed by atoms with Gasteiger partial charge in [-0.05, 0) is 44.7 Å². The molecule has 0 radical (unpaired) electrons. The molecule has 1 aliphatic carbocycles. The number of hydrogen-bond donors (Lipinski definition) is 0. The zero-order valence-corrected chi connectivity index (χ0v) is 17.3. The largest absolute Gasteiger partial charge is 0.457 e. The number of carbonyl (C=O) groups is 1. The number of benzene rings is 1. The molecule has 1 aromatic carbocycles. The SMILES string of the molecule is C=C(Cc1nc(C2(c3ccc(CS(F)(F)F)cc3)CC2)no1)C(=O)OC(C)(C)C. The topological polar surface area (TPSA) is 65.2 Å². The molecule has 9 heteroatoms. The van der Waals surface area contributed by atoms with E-state index in [-0.39, 0.29) is 23.4 Å². The highest BCUT2D eigenvalue weighted by Gasteiger charge is 2.50. The second-order valence-corrected chi connectivity index (χ2v) is 9.51. The third kappa shape index (κ3) is 5.41. The van der Waals surface area contributed by atoms with Crippen LogP contribution < -0.4 is 0 Å². The standard InChI is InChI=1S/C20H23F3N2O3S/c1-13(17(26)27-19(2,3)4)11-16-24-18(25-28-16)20(9-10-20)15-7-5-14(6-8-15)12-29(21,22)23/h5-8H,1,9-12H2,2-4H3. The van der Waals surface area contributed by atoms with Gasteiger partial charge in [-0.1, -0.05) is 36.0 Å². The second kappa shape index (κ2) is 7.51. The van der Waals surface area contributed by atoms with Crippen molar-refractivity contribution in [2.45, 2.75) is 56.8 Å². The van der Waals surface area contributed by atoms with Crippen LogP contribution in [0.5, 0.6) is 0 Å². The fourth-order valence-corrected chi connectivity index (χ4v) is 3.57. The fourth-order valence-electron chi connectivity index (χ4n) is 3.00. The summed E-state index contributed by atoms with van der Waals surface area (Å²) in [5.74, 6) is -0.682. The van der Waals surface area contributed by atoms with Gasteiger partial charge in [0.1, 0.15) is 5.60 Å². The maximum absolute atomic E-state index is 12.6. The Hall–Kier alpha value is -2.29. The van der Waals surface area contributed by atoms with Crippen molar-refractivity contribution in [2.75, 3.05) is 0 Å². The Kier molecular flexibility index (Phi) is 5.55. The molecule has 0 bridgehead atoms. The van der Waals surface area contributed by atoms with Crippen LogP contribution in [0.4, 0.5) is 11.7 Å². The van der Waals surface area contributed by atoms with Crippen molar-refractivity contribution in [2.24, 2.45) is 0 Å². The molecule has 0 amide bonds. The molecule has 0 N–H and O–H groups in total. The number of carbonyl (C=O) groups excluding carboxylic acids is 1. The zero-order valence-electron chi connectivity index (χ0n) is 16.5. The van der Waals surface area contributed by atoms with Gasteiger partial charge in [0.25, 0.3) is 0 Å². The quantitative estimate of drug-likeness (QED) is 0.427. The molecule has 1 fully saturated rings. The average Bonchev–Trinajstić information content (AvgIpc) is 3.25. The van der Waals surface area contributed by atoms with Crippen molar-refractivity contribution in [3.63, 3.8) is 0 Å². The summed E-state index contributed by atoms with van der Waals surface area (Å²) in [6.45, 7) is 9.02. The van der Waals surface area contributed by atoms with Crippen LogP contribution in [-0.2, 0) is 27.1 Å². The summed E-state index contributed by atoms with van der Waals surface area (Å²) in [6, 6.07) is 6.40. The number of halogens is 3. The van der Waals surface area contributed by atoms with Gasteiger partial charge in [-0.15, -0.1) is 11.7 Å². The second-order valence-electron chi connectivity index (χ2n) is 8.22. The molecule has 2 aromatic rings. The van der Waals surface area contributed by atoms with E-state index in [0.717, 1.165) is 18.4 Å². The van der Waals surface area contributed by atoms with Gasteiger partial charge >= 0.3 is 5.97 Å². The maximum Gasteiger partial charge on any atom is 0.334 e. The molecule has 1 heterocycles. The highest BCUT2D eigenvalue weighted by atomic mass is 32.3. The molecule has 29 heavy (non-hydrogen) atoms. The van der Waals surface area contributed by atoms with E-state index in [1.807, 2.05) is 0 Å². The summed E-state index contributed by atoms with van der Waals surface area (Å²) in [7, 11) is 0. The highest BCUT2D eigenvalue weighted by molar-refractivity contribution is 8.20. The van der Waals surface area contributed by atoms with Crippen LogP contribution >= 0.6 is 11.2 Å². The van der Waals surface area contributed by atoms with Crippen LogP contribution in [0.1, 0.15) is 56.5 Å². The molecule has 0 atom stereocenters. The minimum atomic E-state index is -5.07. The first kappa shape index (κ1) is 21.4. The van der Waals surface area contributed by atoms with E-state index in [0.29, 0.717) is 5.82 Å². The molecule has 158 valence electrons. The van der Waals surface area contributed by atoms with E-state index >= 15 is 0 Å². The highest BCUT2D eigenvalue weighted by Crippen LogP contribution is 2.56. The molecule has 3 rings (SSSR count). The van der Waals surface area contributed by atoms with Gasteiger partial charge in [0.15, 0.2) is 5.82 Å². The Morgan fingerprint density at radius 2 is 1.86 bits per heavy atom. The van der Waals surface area contributed by atoms with Crippen molar-refractivity contribution in [3.8, 4) is 0 Å². The molecule has 5 nitrogen and oxygen atoms in total. The van der Waals surface area contributed by atoms with Gasteiger partial charge in [-0.2, -0.15) is 4.98 Å². The van der Waals surface area contributed by atoms with Gasteiger partial charge in [0.05, 0.1) is 17.6 Å². The normalized spacial score (nSPS) is 16.3. The summed E-state index contributed by atoms with van der Waals surface area (Å²) in [6.07, 6.45) is 1.64. The number of ether oxygens (including phenoxy) is 1. The van der Waals surface area contributed by atoms with Crippen LogP contribution in [0.3, 0.4) is 0 Å². The number of rotatable bonds is 7. The van der Waals surface area contributed by atoms with Gasteiger partial charge in [-0.3, -0.25) is 0 Å². The summed E-state index contributed by atoms with van der Waals surface area (Å²) < 4.78 is 48.4. The monoisotopic (exact) mass is 428 g/mol. The number of aromatic nitrogens is 2. The first-order valence-corrected chi connectivity index (χ1v) is 10.6. The Morgan fingerprint density at radius 3 is 2.38 bits per heavy atom. The van der Waals surface area contributed by atoms with E-state index in [9.17, 15) is 16.5 Å². The van der Waals surface area contributed by atoms with Crippen LogP contribution in [0.2, 0.25) is 0 Å². The van der Waals surface area contributed by atoms with E-state index in [1.165, 1.54) is 12.1 Å². The molecule has 1 aliphatic rings. The average molecular weight is 428 g/mol. The van der Waals surface area contributed by atoms with Gasteiger partial charge in [0, 0.05) is 5.57 Å². The van der Waals surface area contributed by atoms with Crippen molar-refractivity contribution in [1.29, 1.82) is 0 Å². The maximum atomic E-state index is 12.6. The summed E-state index contributed by atoms with van der Waals surface area (Å²) in [5, 5.41) is 4.04. The van der Waals surface area contributed by atoms with Crippen molar-refractivity contribution >= 4 is 17.2 Å². The minimum absolute atomic E-state index is 0.0747. The van der Waals surface area contributed by atoms with Crippen molar-refractivity contribution in [3.05, 3.63) is 59.3 Å². The van der Waals surface area contributed by atoms with Crippen molar-refractivity contribution < 1.29 is 25.7 Å². The van der Waals surface area contributed by atoms with Gasteiger partial charge < -0.3 is 9.26 Å². The Bertz CT molecular complexity index is 910. The third-order valence-corrected chi connectivity index (χ3v) is 5.20. The van der Waals surface area contributed by atoms with Crippen molar-refractivity contribution in [1.82, 2.24) is 10.1 Å². The molecule has 0 unspecified atom stereocenters. The fraction of sp³-hybridized carbons (Fsp3) is 0.450. The lowest BCUT2D eigenvalue weighted by Gasteiger charge is -2.19.